The molecule has 1 aromatic carbocycles. The number of piperidine rings is 1. The van der Waals surface area contributed by atoms with Gasteiger partial charge in [-0.2, -0.15) is 5.26 Å². The van der Waals surface area contributed by atoms with Gasteiger partial charge in [0.2, 0.25) is 0 Å². The van der Waals surface area contributed by atoms with Crippen LogP contribution < -0.4 is 10.2 Å². The Morgan fingerprint density at radius 2 is 1.85 bits per heavy atom. The fourth-order valence-corrected chi connectivity index (χ4v) is 3.29. The first kappa shape index (κ1) is 20.0. The van der Waals surface area contributed by atoms with Crippen LogP contribution in [0.2, 0.25) is 0 Å². The molecule has 5 heteroatoms. The van der Waals surface area contributed by atoms with E-state index >= 15 is 0 Å². The monoisotopic (exact) mass is 354 g/mol. The molecule has 140 valence electrons. The molecule has 1 aliphatic rings. The highest BCUT2D eigenvalue weighted by atomic mass is 16.1. The molecule has 0 aromatic heterocycles. The Labute approximate surface area is 157 Å². The lowest BCUT2D eigenvalue weighted by atomic mass is 10.1. The maximum absolute atomic E-state index is 12.3. The average molecular weight is 354 g/mol. The van der Waals surface area contributed by atoms with Gasteiger partial charge in [-0.1, -0.05) is 18.6 Å². The molecule has 0 atom stereocenters. The van der Waals surface area contributed by atoms with E-state index in [1.54, 1.807) is 6.08 Å². The lowest BCUT2D eigenvalue weighted by Gasteiger charge is -2.26. The number of likely N-dealkylation sites (tertiary alicyclic amines) is 1. The number of benzene rings is 1. The number of hydrogen-bond acceptors (Lipinski definition) is 4. The zero-order chi connectivity index (χ0) is 18.8. The third-order valence-corrected chi connectivity index (χ3v) is 4.86. The molecule has 0 spiro atoms. The zero-order valence-corrected chi connectivity index (χ0v) is 16.0. The van der Waals surface area contributed by atoms with Gasteiger partial charge in [-0.05, 0) is 63.6 Å². The van der Waals surface area contributed by atoms with Crippen LogP contribution in [0.25, 0.3) is 6.08 Å². The van der Waals surface area contributed by atoms with Gasteiger partial charge >= 0.3 is 0 Å². The van der Waals surface area contributed by atoms with Gasteiger partial charge in [0.05, 0.1) is 0 Å². The van der Waals surface area contributed by atoms with E-state index in [1.165, 1.54) is 19.3 Å². The van der Waals surface area contributed by atoms with Crippen molar-refractivity contribution in [3.63, 3.8) is 0 Å². The molecule has 1 aromatic rings. The molecule has 1 aliphatic heterocycles. The molecule has 1 fully saturated rings. The maximum atomic E-state index is 12.3. The van der Waals surface area contributed by atoms with E-state index in [1.807, 2.05) is 30.3 Å². The number of carbonyl (C=O) groups excluding carboxylic acids is 1. The fraction of sp³-hybridized carbons (Fsp3) is 0.524. The molecule has 0 aliphatic carbocycles. The quantitative estimate of drug-likeness (QED) is 0.576. The second kappa shape index (κ2) is 10.6. The molecule has 2 rings (SSSR count). The Balaban J connectivity index is 1.91. The van der Waals surface area contributed by atoms with Gasteiger partial charge in [-0.3, -0.25) is 4.79 Å². The minimum Gasteiger partial charge on any atom is -0.372 e. The molecular weight excluding hydrogens is 324 g/mol. The van der Waals surface area contributed by atoms with Crippen molar-refractivity contribution in [2.24, 2.45) is 0 Å². The summed E-state index contributed by atoms with van der Waals surface area (Å²) in [5.41, 5.74) is 2.17. The number of anilines is 1. The highest BCUT2D eigenvalue weighted by Crippen LogP contribution is 2.16. The highest BCUT2D eigenvalue weighted by Gasteiger charge is 2.12. The number of nitrogens with one attached hydrogen (secondary N) is 1. The molecular formula is C21H30N4O. The number of rotatable bonds is 8. The Morgan fingerprint density at radius 3 is 2.42 bits per heavy atom. The second-order valence-electron chi connectivity index (χ2n) is 6.59. The summed E-state index contributed by atoms with van der Waals surface area (Å²) >= 11 is 0. The van der Waals surface area contributed by atoms with Gasteiger partial charge in [-0.15, -0.1) is 0 Å². The smallest absolute Gasteiger partial charge is 0.261 e. The molecule has 1 N–H and O–H groups in total. The van der Waals surface area contributed by atoms with Crippen LogP contribution >= 0.6 is 0 Å². The van der Waals surface area contributed by atoms with E-state index in [4.69, 9.17) is 0 Å². The van der Waals surface area contributed by atoms with Crippen LogP contribution in [-0.2, 0) is 4.79 Å². The molecule has 0 bridgehead atoms. The standard InChI is InChI=1S/C21H30N4O/c1-3-25(4-2)20-10-8-18(9-11-20)16-19(17-22)21(26)23-12-15-24-13-6-5-7-14-24/h8-11,16H,3-7,12-15H2,1-2H3,(H,23,26). The van der Waals surface area contributed by atoms with Crippen molar-refractivity contribution in [1.82, 2.24) is 10.2 Å². The summed E-state index contributed by atoms with van der Waals surface area (Å²) in [6, 6.07) is 9.98. The van der Waals surface area contributed by atoms with E-state index in [-0.39, 0.29) is 11.5 Å². The van der Waals surface area contributed by atoms with Gasteiger partial charge in [-0.25, -0.2) is 0 Å². The summed E-state index contributed by atoms with van der Waals surface area (Å²) in [6.07, 6.45) is 5.43. The summed E-state index contributed by atoms with van der Waals surface area (Å²) in [5, 5.41) is 12.2. The first-order valence-corrected chi connectivity index (χ1v) is 9.65. The van der Waals surface area contributed by atoms with Gasteiger partial charge in [0.1, 0.15) is 11.6 Å². The number of nitrogens with zero attached hydrogens (tertiary/aromatic N) is 3. The number of hydrogen-bond donors (Lipinski definition) is 1. The molecule has 0 unspecified atom stereocenters. The number of amides is 1. The Kier molecular flexibility index (Phi) is 8.17. The molecule has 1 heterocycles. The topological polar surface area (TPSA) is 59.4 Å². The van der Waals surface area contributed by atoms with Gasteiger partial charge in [0.15, 0.2) is 0 Å². The molecule has 1 saturated heterocycles. The first-order valence-electron chi connectivity index (χ1n) is 9.65. The van der Waals surface area contributed by atoms with Gasteiger partial charge < -0.3 is 15.1 Å². The third-order valence-electron chi connectivity index (χ3n) is 4.86. The van der Waals surface area contributed by atoms with Crippen molar-refractivity contribution in [2.45, 2.75) is 33.1 Å². The zero-order valence-electron chi connectivity index (χ0n) is 16.0. The molecule has 1 amide bonds. The predicted octanol–water partition coefficient (Wildman–Crippen LogP) is 3.04. The van der Waals surface area contributed by atoms with E-state index in [2.05, 4.69) is 29.0 Å². The lowest BCUT2D eigenvalue weighted by molar-refractivity contribution is -0.117. The highest BCUT2D eigenvalue weighted by molar-refractivity contribution is 6.01. The van der Waals surface area contributed by atoms with Gasteiger partial charge in [0.25, 0.3) is 5.91 Å². The van der Waals surface area contributed by atoms with Crippen LogP contribution in [0.5, 0.6) is 0 Å². The summed E-state index contributed by atoms with van der Waals surface area (Å²) in [7, 11) is 0. The summed E-state index contributed by atoms with van der Waals surface area (Å²) in [6.45, 7) is 9.80. The van der Waals surface area contributed by atoms with Crippen molar-refractivity contribution < 1.29 is 4.79 Å². The normalized spacial score (nSPS) is 15.3. The SMILES string of the molecule is CCN(CC)c1ccc(C=C(C#N)C(=O)NCCN2CCCCC2)cc1. The van der Waals surface area contributed by atoms with Gasteiger partial charge in [0, 0.05) is 31.9 Å². The minimum atomic E-state index is -0.294. The number of nitriles is 1. The van der Waals surface area contributed by atoms with Crippen LogP contribution in [0.3, 0.4) is 0 Å². The Hall–Kier alpha value is -2.32. The summed E-state index contributed by atoms with van der Waals surface area (Å²) < 4.78 is 0. The van der Waals surface area contributed by atoms with Crippen LogP contribution in [0.4, 0.5) is 5.69 Å². The van der Waals surface area contributed by atoms with Crippen LogP contribution in [0, 0.1) is 11.3 Å². The molecule has 5 nitrogen and oxygen atoms in total. The van der Waals surface area contributed by atoms with Crippen LogP contribution in [0.15, 0.2) is 29.8 Å². The third kappa shape index (κ3) is 5.89. The molecule has 0 saturated carbocycles. The van der Waals surface area contributed by atoms with Crippen molar-refractivity contribution in [2.75, 3.05) is 44.2 Å². The van der Waals surface area contributed by atoms with Crippen molar-refractivity contribution in [1.29, 1.82) is 5.26 Å². The van der Waals surface area contributed by atoms with E-state index < -0.39 is 0 Å². The van der Waals surface area contributed by atoms with Crippen molar-refractivity contribution >= 4 is 17.7 Å². The Bertz CT molecular complexity index is 635. The minimum absolute atomic E-state index is 0.152. The first-order chi connectivity index (χ1) is 12.7. The average Bonchev–Trinajstić information content (AvgIpc) is 2.69. The van der Waals surface area contributed by atoms with Crippen molar-refractivity contribution in [3.05, 3.63) is 35.4 Å². The second-order valence-corrected chi connectivity index (χ2v) is 6.59. The summed E-state index contributed by atoms with van der Waals surface area (Å²) in [4.78, 5) is 16.9. The van der Waals surface area contributed by atoms with E-state index in [9.17, 15) is 10.1 Å². The van der Waals surface area contributed by atoms with E-state index in [0.29, 0.717) is 6.54 Å². The lowest BCUT2D eigenvalue weighted by Crippen LogP contribution is -2.37. The largest absolute Gasteiger partial charge is 0.372 e. The van der Waals surface area contributed by atoms with E-state index in [0.717, 1.165) is 44.0 Å². The molecule has 26 heavy (non-hydrogen) atoms. The number of carbonyl (C=O) groups is 1. The Morgan fingerprint density at radius 1 is 1.19 bits per heavy atom. The maximum Gasteiger partial charge on any atom is 0.261 e. The summed E-state index contributed by atoms with van der Waals surface area (Å²) in [5.74, 6) is -0.294. The van der Waals surface area contributed by atoms with Crippen LogP contribution in [-0.4, -0.2) is 50.1 Å². The molecule has 0 radical (unpaired) electrons. The van der Waals surface area contributed by atoms with Crippen molar-refractivity contribution in [3.8, 4) is 6.07 Å². The predicted molar refractivity (Wildman–Crippen MR) is 107 cm³/mol. The fourth-order valence-electron chi connectivity index (χ4n) is 3.29. The van der Waals surface area contributed by atoms with Crippen LogP contribution in [0.1, 0.15) is 38.7 Å².